The van der Waals surface area contributed by atoms with E-state index in [1.165, 1.54) is 22.3 Å². The van der Waals surface area contributed by atoms with Gasteiger partial charge in [0.15, 0.2) is 0 Å². The fourth-order valence-electron chi connectivity index (χ4n) is 2.06. The van der Waals surface area contributed by atoms with Crippen LogP contribution >= 0.6 is 11.3 Å². The molecule has 0 aliphatic carbocycles. The highest BCUT2D eigenvalue weighted by atomic mass is 32.1. The molecule has 2 atom stereocenters. The van der Waals surface area contributed by atoms with E-state index in [1.807, 2.05) is 0 Å². The van der Waals surface area contributed by atoms with Crippen molar-refractivity contribution in [2.24, 2.45) is 11.8 Å². The Morgan fingerprint density at radius 2 is 1.90 bits per heavy atom. The van der Waals surface area contributed by atoms with Crippen LogP contribution in [0.2, 0.25) is 0 Å². The van der Waals surface area contributed by atoms with Crippen LogP contribution in [-0.4, -0.2) is 27.8 Å². The lowest BCUT2D eigenvalue weighted by Crippen LogP contribution is -2.29. The molecule has 106 valence electrons. The van der Waals surface area contributed by atoms with Crippen molar-refractivity contribution in [2.75, 3.05) is 0 Å². The molecule has 2 amide bonds. The second-order valence-corrected chi connectivity index (χ2v) is 6.02. The number of hydrogen-bond donors (Lipinski definition) is 1. The van der Waals surface area contributed by atoms with Gasteiger partial charge < -0.3 is 5.11 Å². The Labute approximate surface area is 120 Å². The number of rotatable bonds is 4. The van der Waals surface area contributed by atoms with E-state index in [2.05, 4.69) is 0 Å². The number of thiophene rings is 1. The van der Waals surface area contributed by atoms with Crippen molar-refractivity contribution in [2.45, 2.75) is 20.4 Å². The molecular formula is C14H15NO4S. The van der Waals surface area contributed by atoms with Crippen molar-refractivity contribution < 1.29 is 19.5 Å². The number of amides is 2. The van der Waals surface area contributed by atoms with E-state index in [4.69, 9.17) is 5.11 Å². The third kappa shape index (κ3) is 2.80. The smallest absolute Gasteiger partial charge is 0.328 e. The maximum Gasteiger partial charge on any atom is 0.328 e. The van der Waals surface area contributed by atoms with E-state index >= 15 is 0 Å². The molecule has 5 nitrogen and oxygen atoms in total. The van der Waals surface area contributed by atoms with Crippen molar-refractivity contribution in [3.05, 3.63) is 28.0 Å². The summed E-state index contributed by atoms with van der Waals surface area (Å²) >= 11 is 1.37. The lowest BCUT2D eigenvalue weighted by Gasteiger charge is -2.12. The van der Waals surface area contributed by atoms with Crippen LogP contribution in [0.1, 0.15) is 23.6 Å². The van der Waals surface area contributed by atoms with Crippen LogP contribution in [0.25, 0.3) is 6.08 Å². The first-order valence-corrected chi connectivity index (χ1v) is 7.06. The van der Waals surface area contributed by atoms with Crippen molar-refractivity contribution >= 4 is 35.2 Å². The molecule has 2 rings (SSSR count). The quantitative estimate of drug-likeness (QED) is 0.680. The van der Waals surface area contributed by atoms with Gasteiger partial charge in [0.05, 0.1) is 6.54 Å². The summed E-state index contributed by atoms with van der Waals surface area (Å²) in [7, 11) is 0. The van der Waals surface area contributed by atoms with Crippen molar-refractivity contribution in [3.8, 4) is 0 Å². The third-order valence-corrected chi connectivity index (χ3v) is 4.48. The molecule has 1 fully saturated rings. The Hall–Kier alpha value is -1.95. The maximum absolute atomic E-state index is 12.0. The molecule has 0 aromatic carbocycles. The molecule has 6 heteroatoms. The topological polar surface area (TPSA) is 74.7 Å². The largest absolute Gasteiger partial charge is 0.478 e. The van der Waals surface area contributed by atoms with E-state index in [1.54, 1.807) is 26.0 Å². The number of carbonyl (C=O) groups is 3. The summed E-state index contributed by atoms with van der Waals surface area (Å²) in [6.07, 6.45) is 2.56. The van der Waals surface area contributed by atoms with Crippen LogP contribution < -0.4 is 0 Å². The standard InChI is InChI=1S/C14H15NO4S/c1-8-9(2)14(19)15(13(8)18)7-11-4-3-10(20-11)5-6-12(16)17/h3-6,8-9H,7H2,1-2H3,(H,16,17). The lowest BCUT2D eigenvalue weighted by molar-refractivity contribution is -0.140. The fraction of sp³-hybridized carbons (Fsp3) is 0.357. The summed E-state index contributed by atoms with van der Waals surface area (Å²) < 4.78 is 0. The van der Waals surface area contributed by atoms with Gasteiger partial charge >= 0.3 is 5.97 Å². The Morgan fingerprint density at radius 3 is 2.45 bits per heavy atom. The van der Waals surface area contributed by atoms with Crippen LogP contribution in [0.15, 0.2) is 18.2 Å². The van der Waals surface area contributed by atoms with Crippen molar-refractivity contribution in [1.82, 2.24) is 4.90 Å². The van der Waals surface area contributed by atoms with Crippen molar-refractivity contribution in [3.63, 3.8) is 0 Å². The van der Waals surface area contributed by atoms with E-state index in [-0.39, 0.29) is 30.2 Å². The van der Waals surface area contributed by atoms with Crippen LogP contribution in [0, 0.1) is 11.8 Å². The predicted octanol–water partition coefficient (Wildman–Crippen LogP) is 1.99. The predicted molar refractivity (Wildman–Crippen MR) is 74.9 cm³/mol. The molecule has 0 spiro atoms. The third-order valence-electron chi connectivity index (χ3n) is 3.45. The second kappa shape index (κ2) is 5.58. The van der Waals surface area contributed by atoms with E-state index in [9.17, 15) is 14.4 Å². The van der Waals surface area contributed by atoms with Crippen LogP contribution in [0.5, 0.6) is 0 Å². The van der Waals surface area contributed by atoms with Gasteiger partial charge in [0, 0.05) is 27.7 Å². The Bertz CT molecular complexity index is 570. The number of carboxylic acid groups (broad SMARTS) is 1. The van der Waals surface area contributed by atoms with Gasteiger partial charge in [-0.05, 0) is 18.2 Å². The minimum absolute atomic E-state index is 0.140. The monoisotopic (exact) mass is 293 g/mol. The highest BCUT2D eigenvalue weighted by Crippen LogP contribution is 2.28. The summed E-state index contributed by atoms with van der Waals surface area (Å²) in [6, 6.07) is 3.58. The van der Waals surface area contributed by atoms with Gasteiger partial charge in [-0.3, -0.25) is 14.5 Å². The Morgan fingerprint density at radius 1 is 1.30 bits per heavy atom. The number of nitrogens with zero attached hydrogens (tertiary/aromatic N) is 1. The molecule has 2 heterocycles. The molecule has 1 N–H and O–H groups in total. The number of aliphatic carboxylic acids is 1. The molecule has 1 aliphatic rings. The van der Waals surface area contributed by atoms with E-state index < -0.39 is 5.97 Å². The van der Waals surface area contributed by atoms with Crippen LogP contribution in [0.4, 0.5) is 0 Å². The number of likely N-dealkylation sites (tertiary alicyclic amines) is 1. The highest BCUT2D eigenvalue weighted by molar-refractivity contribution is 7.12. The zero-order valence-corrected chi connectivity index (χ0v) is 12.0. The zero-order valence-electron chi connectivity index (χ0n) is 11.2. The average molecular weight is 293 g/mol. The molecule has 1 aromatic heterocycles. The van der Waals surface area contributed by atoms with E-state index in [0.29, 0.717) is 0 Å². The van der Waals surface area contributed by atoms with Crippen LogP contribution in [-0.2, 0) is 20.9 Å². The lowest BCUT2D eigenvalue weighted by atomic mass is 10.00. The summed E-state index contributed by atoms with van der Waals surface area (Å²) in [5.41, 5.74) is 0. The molecule has 1 saturated heterocycles. The zero-order chi connectivity index (χ0) is 14.9. The number of carbonyl (C=O) groups excluding carboxylic acids is 2. The summed E-state index contributed by atoms with van der Waals surface area (Å²) in [6.45, 7) is 3.79. The van der Waals surface area contributed by atoms with Gasteiger partial charge in [-0.25, -0.2) is 4.79 Å². The molecule has 0 bridgehead atoms. The first-order chi connectivity index (χ1) is 9.40. The van der Waals surface area contributed by atoms with Crippen molar-refractivity contribution in [1.29, 1.82) is 0 Å². The number of imide groups is 1. The summed E-state index contributed by atoms with van der Waals surface area (Å²) in [5.74, 6) is -1.83. The average Bonchev–Trinajstić information content (AvgIpc) is 2.92. The summed E-state index contributed by atoms with van der Waals surface area (Å²) in [5, 5.41) is 8.56. The molecular weight excluding hydrogens is 278 g/mol. The number of carboxylic acids is 1. The molecule has 20 heavy (non-hydrogen) atoms. The SMILES string of the molecule is CC1C(=O)N(Cc2ccc(C=CC(=O)O)s2)C(=O)C1C. The van der Waals surface area contributed by atoms with E-state index in [0.717, 1.165) is 15.8 Å². The van der Waals surface area contributed by atoms with Gasteiger partial charge in [-0.2, -0.15) is 0 Å². The van der Waals surface area contributed by atoms with Gasteiger partial charge in [0.2, 0.25) is 11.8 Å². The van der Waals surface area contributed by atoms with Gasteiger partial charge in [0.25, 0.3) is 0 Å². The number of hydrogen-bond acceptors (Lipinski definition) is 4. The van der Waals surface area contributed by atoms with Gasteiger partial charge in [-0.15, -0.1) is 11.3 Å². The minimum Gasteiger partial charge on any atom is -0.478 e. The Balaban J connectivity index is 2.09. The normalized spacial score (nSPS) is 23.0. The molecule has 1 aromatic rings. The maximum atomic E-state index is 12.0. The molecule has 2 unspecified atom stereocenters. The summed E-state index contributed by atoms with van der Waals surface area (Å²) in [4.78, 5) is 37.3. The fourth-order valence-corrected chi connectivity index (χ4v) is 2.97. The van der Waals surface area contributed by atoms with Crippen LogP contribution in [0.3, 0.4) is 0 Å². The Kier molecular flexibility index (Phi) is 4.04. The first kappa shape index (κ1) is 14.5. The molecule has 1 aliphatic heterocycles. The second-order valence-electron chi connectivity index (χ2n) is 4.82. The molecule has 0 saturated carbocycles. The molecule has 0 radical (unpaired) electrons. The van der Waals surface area contributed by atoms with Gasteiger partial charge in [0.1, 0.15) is 0 Å². The minimum atomic E-state index is -1.01. The highest BCUT2D eigenvalue weighted by Gasteiger charge is 2.42. The van der Waals surface area contributed by atoms with Gasteiger partial charge in [-0.1, -0.05) is 13.8 Å². The first-order valence-electron chi connectivity index (χ1n) is 6.25.